The quantitative estimate of drug-likeness (QED) is 0.696. The van der Waals surface area contributed by atoms with Gasteiger partial charge in [-0.25, -0.2) is 0 Å². The van der Waals surface area contributed by atoms with Crippen LogP contribution in [-0.2, 0) is 4.79 Å². The van der Waals surface area contributed by atoms with Crippen molar-refractivity contribution < 1.29 is 4.79 Å². The number of carbonyl (C=O) groups excluding carboxylic acids is 1. The van der Waals surface area contributed by atoms with Gasteiger partial charge in [-0.3, -0.25) is 4.79 Å². The van der Waals surface area contributed by atoms with Crippen LogP contribution in [0.1, 0.15) is 40.5 Å². The third-order valence-electron chi connectivity index (χ3n) is 3.09. The highest BCUT2D eigenvalue weighted by Crippen LogP contribution is 2.20. The fraction of sp³-hybridized carbons (Fsp3) is 0.923. The minimum absolute atomic E-state index is 0.197. The predicted molar refractivity (Wildman–Crippen MR) is 69.5 cm³/mol. The molecule has 3 heteroatoms. The van der Waals surface area contributed by atoms with Gasteiger partial charge in [0.15, 0.2) is 0 Å². The van der Waals surface area contributed by atoms with Crippen LogP contribution in [-0.4, -0.2) is 49.4 Å². The maximum Gasteiger partial charge on any atom is 0.229 e. The zero-order chi connectivity index (χ0) is 12.9. The van der Waals surface area contributed by atoms with Crippen LogP contribution in [0.4, 0.5) is 0 Å². The highest BCUT2D eigenvalue weighted by atomic mass is 16.2. The van der Waals surface area contributed by atoms with Gasteiger partial charge in [-0.1, -0.05) is 13.3 Å². The summed E-state index contributed by atoms with van der Waals surface area (Å²) in [6, 6.07) is 0.541. The molecule has 0 aromatic carbocycles. The predicted octanol–water partition coefficient (Wildman–Crippen LogP) is 2.22. The van der Waals surface area contributed by atoms with E-state index >= 15 is 0 Å². The van der Waals surface area contributed by atoms with Crippen molar-refractivity contribution in [2.24, 2.45) is 5.41 Å². The van der Waals surface area contributed by atoms with E-state index < -0.39 is 0 Å². The number of carbonyl (C=O) groups is 1. The molecule has 0 spiro atoms. The first-order valence-corrected chi connectivity index (χ1v) is 6.14. The molecule has 0 aliphatic carbocycles. The number of hydrogen-bond donors (Lipinski definition) is 0. The van der Waals surface area contributed by atoms with Crippen molar-refractivity contribution >= 4 is 5.91 Å². The second-order valence-electron chi connectivity index (χ2n) is 5.64. The SMILES string of the molecule is CCCC(C)N(C)CC(C)(C)C(=O)N(C)C. The van der Waals surface area contributed by atoms with Gasteiger partial charge in [0.05, 0.1) is 5.41 Å². The van der Waals surface area contributed by atoms with E-state index in [-0.39, 0.29) is 11.3 Å². The molecular weight excluding hydrogens is 200 g/mol. The zero-order valence-electron chi connectivity index (χ0n) is 12.0. The summed E-state index contributed by atoms with van der Waals surface area (Å²) in [5.74, 6) is 0.197. The van der Waals surface area contributed by atoms with Crippen molar-refractivity contribution in [2.75, 3.05) is 27.7 Å². The minimum Gasteiger partial charge on any atom is -0.348 e. The van der Waals surface area contributed by atoms with Crippen molar-refractivity contribution in [2.45, 2.75) is 46.6 Å². The molecule has 0 bridgehead atoms. The van der Waals surface area contributed by atoms with Crippen LogP contribution in [0.5, 0.6) is 0 Å². The van der Waals surface area contributed by atoms with Gasteiger partial charge >= 0.3 is 0 Å². The lowest BCUT2D eigenvalue weighted by Gasteiger charge is -2.34. The Morgan fingerprint density at radius 3 is 2.12 bits per heavy atom. The molecule has 16 heavy (non-hydrogen) atoms. The summed E-state index contributed by atoms with van der Waals surface area (Å²) in [5.41, 5.74) is -0.305. The summed E-state index contributed by atoms with van der Waals surface area (Å²) in [4.78, 5) is 15.9. The maximum atomic E-state index is 12.0. The van der Waals surface area contributed by atoms with Crippen molar-refractivity contribution in [3.05, 3.63) is 0 Å². The van der Waals surface area contributed by atoms with Crippen LogP contribution in [0.3, 0.4) is 0 Å². The van der Waals surface area contributed by atoms with Gasteiger partial charge in [0.1, 0.15) is 0 Å². The fourth-order valence-electron chi connectivity index (χ4n) is 2.09. The summed E-state index contributed by atoms with van der Waals surface area (Å²) in [6.45, 7) is 9.26. The summed E-state index contributed by atoms with van der Waals surface area (Å²) >= 11 is 0. The molecule has 0 fully saturated rings. The molecule has 0 aromatic rings. The van der Waals surface area contributed by atoms with E-state index in [4.69, 9.17) is 0 Å². The van der Waals surface area contributed by atoms with Crippen LogP contribution >= 0.6 is 0 Å². The standard InChI is InChI=1S/C13H28N2O/c1-8-9-11(2)15(7)10-13(3,4)12(16)14(5)6/h11H,8-10H2,1-7H3. The molecule has 0 aliphatic rings. The molecule has 0 aliphatic heterocycles. The maximum absolute atomic E-state index is 12.0. The fourth-order valence-corrected chi connectivity index (χ4v) is 2.09. The Bertz CT molecular complexity index is 224. The minimum atomic E-state index is -0.305. The van der Waals surface area contributed by atoms with Gasteiger partial charge in [-0.05, 0) is 34.2 Å². The average Bonchev–Trinajstić information content (AvgIpc) is 2.16. The summed E-state index contributed by atoms with van der Waals surface area (Å²) < 4.78 is 0. The van der Waals surface area contributed by atoms with Crippen LogP contribution in [0.25, 0.3) is 0 Å². The molecular formula is C13H28N2O. The van der Waals surface area contributed by atoms with Gasteiger partial charge in [0.25, 0.3) is 0 Å². The number of rotatable bonds is 6. The molecule has 0 rings (SSSR count). The normalized spacial score (nSPS) is 14.0. The summed E-state index contributed by atoms with van der Waals surface area (Å²) in [5, 5.41) is 0. The molecule has 1 amide bonds. The molecule has 0 radical (unpaired) electrons. The van der Waals surface area contributed by atoms with E-state index in [1.165, 1.54) is 12.8 Å². The molecule has 96 valence electrons. The molecule has 0 N–H and O–H groups in total. The first-order valence-electron chi connectivity index (χ1n) is 6.14. The monoisotopic (exact) mass is 228 g/mol. The van der Waals surface area contributed by atoms with Gasteiger partial charge < -0.3 is 9.80 Å². The molecule has 0 saturated heterocycles. The lowest BCUT2D eigenvalue weighted by atomic mass is 9.90. The van der Waals surface area contributed by atoms with Crippen LogP contribution in [0.15, 0.2) is 0 Å². The third-order valence-corrected chi connectivity index (χ3v) is 3.09. The Morgan fingerprint density at radius 1 is 1.25 bits per heavy atom. The summed E-state index contributed by atoms with van der Waals surface area (Å²) in [7, 11) is 5.74. The lowest BCUT2D eigenvalue weighted by Crippen LogP contribution is -2.45. The van der Waals surface area contributed by atoms with E-state index in [9.17, 15) is 4.79 Å². The van der Waals surface area contributed by atoms with Crippen LogP contribution < -0.4 is 0 Å². The number of nitrogens with zero attached hydrogens (tertiary/aromatic N) is 2. The summed E-state index contributed by atoms with van der Waals surface area (Å²) in [6.07, 6.45) is 2.37. The van der Waals surface area contributed by atoms with Crippen molar-refractivity contribution in [3.8, 4) is 0 Å². The van der Waals surface area contributed by atoms with E-state index in [2.05, 4.69) is 25.8 Å². The molecule has 0 heterocycles. The molecule has 0 aromatic heterocycles. The lowest BCUT2D eigenvalue weighted by molar-refractivity contribution is -0.138. The van der Waals surface area contributed by atoms with Gasteiger partial charge in [0.2, 0.25) is 5.91 Å². The second-order valence-corrected chi connectivity index (χ2v) is 5.64. The molecule has 3 nitrogen and oxygen atoms in total. The van der Waals surface area contributed by atoms with E-state index in [1.807, 2.05) is 27.9 Å². The van der Waals surface area contributed by atoms with Gasteiger partial charge in [-0.2, -0.15) is 0 Å². The highest BCUT2D eigenvalue weighted by Gasteiger charge is 2.31. The van der Waals surface area contributed by atoms with Crippen molar-refractivity contribution in [1.29, 1.82) is 0 Å². The Hall–Kier alpha value is -0.570. The highest BCUT2D eigenvalue weighted by molar-refractivity contribution is 5.81. The Balaban J connectivity index is 4.40. The Kier molecular flexibility index (Phi) is 6.01. The van der Waals surface area contributed by atoms with Crippen LogP contribution in [0, 0.1) is 5.41 Å². The van der Waals surface area contributed by atoms with Crippen LogP contribution in [0.2, 0.25) is 0 Å². The van der Waals surface area contributed by atoms with Crippen molar-refractivity contribution in [1.82, 2.24) is 9.80 Å². The average molecular weight is 228 g/mol. The molecule has 0 saturated carbocycles. The number of amides is 1. The first kappa shape index (κ1) is 15.4. The molecule has 1 atom stereocenters. The Labute approximate surface area is 101 Å². The van der Waals surface area contributed by atoms with Gasteiger partial charge in [0, 0.05) is 26.7 Å². The number of hydrogen-bond acceptors (Lipinski definition) is 2. The van der Waals surface area contributed by atoms with Crippen molar-refractivity contribution in [3.63, 3.8) is 0 Å². The van der Waals surface area contributed by atoms with E-state index in [1.54, 1.807) is 4.90 Å². The van der Waals surface area contributed by atoms with E-state index in [0.717, 1.165) is 6.54 Å². The Morgan fingerprint density at radius 2 is 1.75 bits per heavy atom. The zero-order valence-corrected chi connectivity index (χ0v) is 12.0. The largest absolute Gasteiger partial charge is 0.348 e. The smallest absolute Gasteiger partial charge is 0.229 e. The van der Waals surface area contributed by atoms with Gasteiger partial charge in [-0.15, -0.1) is 0 Å². The third kappa shape index (κ3) is 4.52. The van der Waals surface area contributed by atoms with E-state index in [0.29, 0.717) is 6.04 Å². The second kappa shape index (κ2) is 6.24. The molecule has 1 unspecified atom stereocenters. The first-order chi connectivity index (χ1) is 7.22. The topological polar surface area (TPSA) is 23.6 Å².